The summed E-state index contributed by atoms with van der Waals surface area (Å²) in [6.07, 6.45) is 1.56. The summed E-state index contributed by atoms with van der Waals surface area (Å²) in [5, 5.41) is 8.10. The Kier molecular flexibility index (Phi) is 5.27. The van der Waals surface area contributed by atoms with Crippen molar-refractivity contribution >= 4 is 46.5 Å². The van der Waals surface area contributed by atoms with Crippen molar-refractivity contribution in [2.75, 3.05) is 5.32 Å². The molecule has 2 aromatic carbocycles. The molecular formula is C17H11Cl3FN3O. The lowest BCUT2D eigenvalue weighted by Gasteiger charge is -2.07. The number of hydrogen-bond acceptors (Lipinski definition) is 2. The average Bonchev–Trinajstić information content (AvgIpc) is 2.91. The number of nitrogens with zero attached hydrogens (tertiary/aromatic N) is 2. The van der Waals surface area contributed by atoms with Crippen LogP contribution in [0.25, 0.3) is 0 Å². The van der Waals surface area contributed by atoms with Crippen molar-refractivity contribution < 1.29 is 9.18 Å². The maximum atomic E-state index is 12.9. The van der Waals surface area contributed by atoms with Crippen LogP contribution in [-0.4, -0.2) is 15.7 Å². The Balaban J connectivity index is 1.78. The third-order valence-electron chi connectivity index (χ3n) is 3.44. The van der Waals surface area contributed by atoms with Crippen LogP contribution >= 0.6 is 34.8 Å². The molecule has 0 radical (unpaired) electrons. The number of carbonyl (C=O) groups excluding carboxylic acids is 1. The van der Waals surface area contributed by atoms with E-state index in [4.69, 9.17) is 34.8 Å². The Morgan fingerprint density at radius 1 is 1.04 bits per heavy atom. The van der Waals surface area contributed by atoms with E-state index in [9.17, 15) is 9.18 Å². The normalized spacial score (nSPS) is 10.7. The van der Waals surface area contributed by atoms with Gasteiger partial charge < -0.3 is 5.32 Å². The van der Waals surface area contributed by atoms with Crippen LogP contribution in [0.2, 0.25) is 15.1 Å². The molecule has 1 aromatic heterocycles. The molecule has 0 aliphatic rings. The smallest absolute Gasteiger partial charge is 0.256 e. The molecule has 0 atom stereocenters. The molecule has 0 aliphatic heterocycles. The van der Waals surface area contributed by atoms with Gasteiger partial charge in [-0.05, 0) is 36.4 Å². The minimum Gasteiger partial charge on any atom is -0.304 e. The van der Waals surface area contributed by atoms with Crippen LogP contribution in [0.15, 0.2) is 48.7 Å². The topological polar surface area (TPSA) is 46.9 Å². The first kappa shape index (κ1) is 17.7. The molecular weight excluding hydrogens is 388 g/mol. The van der Waals surface area contributed by atoms with Gasteiger partial charge in [-0.25, -0.2) is 4.39 Å². The van der Waals surface area contributed by atoms with Crippen molar-refractivity contribution in [3.8, 4) is 0 Å². The van der Waals surface area contributed by atoms with Crippen LogP contribution in [0.1, 0.15) is 15.9 Å². The number of rotatable bonds is 4. The van der Waals surface area contributed by atoms with Gasteiger partial charge in [0.2, 0.25) is 0 Å². The second-order valence-corrected chi connectivity index (χ2v) is 6.41. The summed E-state index contributed by atoms with van der Waals surface area (Å²) in [5.74, 6) is -0.669. The molecule has 0 saturated carbocycles. The highest BCUT2D eigenvalue weighted by molar-refractivity contribution is 6.36. The third kappa shape index (κ3) is 4.12. The van der Waals surface area contributed by atoms with Gasteiger partial charge in [0.05, 0.1) is 6.54 Å². The monoisotopic (exact) mass is 397 g/mol. The van der Waals surface area contributed by atoms with Crippen LogP contribution in [0.3, 0.4) is 0 Å². The fourth-order valence-corrected chi connectivity index (χ4v) is 2.90. The number of benzene rings is 2. The average molecular weight is 399 g/mol. The van der Waals surface area contributed by atoms with Crippen molar-refractivity contribution in [2.24, 2.45) is 0 Å². The Morgan fingerprint density at radius 3 is 2.32 bits per heavy atom. The predicted molar refractivity (Wildman–Crippen MR) is 97.2 cm³/mol. The molecule has 0 bridgehead atoms. The summed E-state index contributed by atoms with van der Waals surface area (Å²) in [6.45, 7) is 0.296. The molecule has 0 saturated heterocycles. The predicted octanol–water partition coefficient (Wildman–Crippen LogP) is 5.28. The van der Waals surface area contributed by atoms with E-state index in [0.717, 1.165) is 0 Å². The SMILES string of the molecule is O=C(Nc1nn(Cc2c(Cl)cccc2Cl)cc1Cl)c1ccc(F)cc1. The molecule has 25 heavy (non-hydrogen) atoms. The van der Waals surface area contributed by atoms with Crippen molar-refractivity contribution in [2.45, 2.75) is 6.54 Å². The van der Waals surface area contributed by atoms with Gasteiger partial charge in [-0.15, -0.1) is 0 Å². The number of nitrogens with one attached hydrogen (secondary N) is 1. The van der Waals surface area contributed by atoms with Gasteiger partial charge in [0.1, 0.15) is 10.8 Å². The van der Waals surface area contributed by atoms with Gasteiger partial charge in [0, 0.05) is 27.4 Å². The third-order valence-corrected chi connectivity index (χ3v) is 4.42. The Hall–Kier alpha value is -2.08. The molecule has 0 spiro atoms. The number of anilines is 1. The van der Waals surface area contributed by atoms with Gasteiger partial charge in [0.25, 0.3) is 5.91 Å². The number of aromatic nitrogens is 2. The summed E-state index contributed by atoms with van der Waals surface area (Å²) < 4.78 is 14.5. The second-order valence-electron chi connectivity index (χ2n) is 5.18. The summed E-state index contributed by atoms with van der Waals surface area (Å²) in [4.78, 5) is 12.2. The molecule has 4 nitrogen and oxygen atoms in total. The molecule has 3 rings (SSSR count). The second kappa shape index (κ2) is 7.44. The van der Waals surface area contributed by atoms with Crippen LogP contribution in [0.4, 0.5) is 10.2 Å². The minimum absolute atomic E-state index is 0.194. The fraction of sp³-hybridized carbons (Fsp3) is 0.0588. The molecule has 1 N–H and O–H groups in total. The highest BCUT2D eigenvalue weighted by atomic mass is 35.5. The summed E-state index contributed by atoms with van der Waals surface area (Å²) in [5.41, 5.74) is 0.988. The number of halogens is 4. The molecule has 1 amide bonds. The largest absolute Gasteiger partial charge is 0.304 e. The van der Waals surface area contributed by atoms with E-state index in [2.05, 4.69) is 10.4 Å². The number of carbonyl (C=O) groups is 1. The van der Waals surface area contributed by atoms with Gasteiger partial charge >= 0.3 is 0 Å². The van der Waals surface area contributed by atoms with Crippen molar-refractivity contribution in [3.05, 3.63) is 80.7 Å². The molecule has 3 aromatic rings. The van der Waals surface area contributed by atoms with E-state index in [-0.39, 0.29) is 10.8 Å². The van der Waals surface area contributed by atoms with E-state index >= 15 is 0 Å². The van der Waals surface area contributed by atoms with E-state index in [1.807, 2.05) is 0 Å². The molecule has 8 heteroatoms. The summed E-state index contributed by atoms with van der Waals surface area (Å²) >= 11 is 18.4. The lowest BCUT2D eigenvalue weighted by molar-refractivity contribution is 0.102. The van der Waals surface area contributed by atoms with Crippen LogP contribution in [0.5, 0.6) is 0 Å². The van der Waals surface area contributed by atoms with Crippen LogP contribution < -0.4 is 5.32 Å². The van der Waals surface area contributed by atoms with Crippen molar-refractivity contribution in [1.82, 2.24) is 9.78 Å². The Morgan fingerprint density at radius 2 is 1.68 bits per heavy atom. The zero-order valence-corrected chi connectivity index (χ0v) is 14.9. The first-order valence-corrected chi connectivity index (χ1v) is 8.30. The zero-order valence-electron chi connectivity index (χ0n) is 12.6. The minimum atomic E-state index is -0.442. The molecule has 0 unspecified atom stereocenters. The van der Waals surface area contributed by atoms with E-state index in [1.54, 1.807) is 24.4 Å². The highest BCUT2D eigenvalue weighted by Gasteiger charge is 2.14. The van der Waals surface area contributed by atoms with Crippen LogP contribution in [0, 0.1) is 5.82 Å². The van der Waals surface area contributed by atoms with E-state index in [1.165, 1.54) is 28.9 Å². The van der Waals surface area contributed by atoms with Gasteiger partial charge in [-0.2, -0.15) is 5.10 Å². The first-order valence-electron chi connectivity index (χ1n) is 7.17. The number of hydrogen-bond donors (Lipinski definition) is 1. The number of amides is 1. The van der Waals surface area contributed by atoms with Crippen molar-refractivity contribution in [1.29, 1.82) is 0 Å². The van der Waals surface area contributed by atoms with Crippen LogP contribution in [-0.2, 0) is 6.54 Å². The van der Waals surface area contributed by atoms with Gasteiger partial charge in [-0.1, -0.05) is 40.9 Å². The fourth-order valence-electron chi connectivity index (χ4n) is 2.19. The summed E-state index contributed by atoms with van der Waals surface area (Å²) in [7, 11) is 0. The lowest BCUT2D eigenvalue weighted by atomic mass is 10.2. The first-order chi connectivity index (χ1) is 11.9. The quantitative estimate of drug-likeness (QED) is 0.649. The Labute approximate surface area is 158 Å². The zero-order chi connectivity index (χ0) is 18.0. The van der Waals surface area contributed by atoms with Gasteiger partial charge in [-0.3, -0.25) is 9.48 Å². The van der Waals surface area contributed by atoms with E-state index in [0.29, 0.717) is 27.7 Å². The van der Waals surface area contributed by atoms with Gasteiger partial charge in [0.15, 0.2) is 5.82 Å². The molecule has 128 valence electrons. The highest BCUT2D eigenvalue weighted by Crippen LogP contribution is 2.27. The van der Waals surface area contributed by atoms with E-state index < -0.39 is 11.7 Å². The maximum Gasteiger partial charge on any atom is 0.256 e. The lowest BCUT2D eigenvalue weighted by Crippen LogP contribution is -2.13. The standard InChI is InChI=1S/C17H11Cl3FN3O/c18-13-2-1-3-14(19)12(13)8-24-9-15(20)16(23-24)22-17(25)10-4-6-11(21)7-5-10/h1-7,9H,8H2,(H,22,23,25). The van der Waals surface area contributed by atoms with Crippen molar-refractivity contribution in [3.63, 3.8) is 0 Å². The molecule has 1 heterocycles. The summed E-state index contributed by atoms with van der Waals surface area (Å²) in [6, 6.07) is 10.4. The maximum absolute atomic E-state index is 12.9. The molecule has 0 fully saturated rings. The Bertz CT molecular complexity index is 905. The molecule has 0 aliphatic carbocycles.